The Morgan fingerprint density at radius 3 is 2.67 bits per heavy atom. The van der Waals surface area contributed by atoms with Gasteiger partial charge in [0.2, 0.25) is 5.91 Å². The minimum atomic E-state index is -1.07. The average molecular weight is 412 g/mol. The number of hydrogen-bond acceptors (Lipinski definition) is 4. The third-order valence-corrected chi connectivity index (χ3v) is 6.11. The molecule has 0 bridgehead atoms. The molecule has 2 aliphatic heterocycles. The van der Waals surface area contributed by atoms with Crippen molar-refractivity contribution in [3.63, 3.8) is 0 Å². The van der Waals surface area contributed by atoms with Gasteiger partial charge in [0, 0.05) is 36.3 Å². The summed E-state index contributed by atoms with van der Waals surface area (Å²) in [6.45, 7) is 6.61. The van der Waals surface area contributed by atoms with E-state index in [-0.39, 0.29) is 18.0 Å². The first-order valence-corrected chi connectivity index (χ1v) is 10.7. The summed E-state index contributed by atoms with van der Waals surface area (Å²) in [4.78, 5) is 27.7. The van der Waals surface area contributed by atoms with Crippen LogP contribution in [0.4, 0.5) is 10.5 Å². The lowest BCUT2D eigenvalue weighted by Gasteiger charge is -2.39. The number of rotatable bonds is 4. The highest BCUT2D eigenvalue weighted by Gasteiger charge is 2.33. The molecule has 1 aromatic heterocycles. The summed E-state index contributed by atoms with van der Waals surface area (Å²) in [7, 11) is 0. The van der Waals surface area contributed by atoms with Crippen LogP contribution < -0.4 is 10.2 Å². The molecule has 7 nitrogen and oxygen atoms in total. The van der Waals surface area contributed by atoms with Crippen LogP contribution >= 0.6 is 0 Å². The van der Waals surface area contributed by atoms with Crippen LogP contribution in [0.1, 0.15) is 56.7 Å². The number of anilines is 1. The molecule has 160 valence electrons. The van der Waals surface area contributed by atoms with Crippen molar-refractivity contribution in [1.29, 1.82) is 0 Å². The van der Waals surface area contributed by atoms with Gasteiger partial charge in [0.25, 0.3) is 0 Å². The first-order valence-electron chi connectivity index (χ1n) is 10.7. The average Bonchev–Trinajstić information content (AvgIpc) is 3.16. The van der Waals surface area contributed by atoms with Gasteiger partial charge in [-0.15, -0.1) is 0 Å². The van der Waals surface area contributed by atoms with E-state index in [2.05, 4.69) is 16.3 Å². The molecule has 0 spiro atoms. The molecule has 1 fully saturated rings. The van der Waals surface area contributed by atoms with Crippen LogP contribution in [0.3, 0.4) is 0 Å². The van der Waals surface area contributed by atoms with E-state index in [1.54, 1.807) is 18.1 Å². The lowest BCUT2D eigenvalue weighted by atomic mass is 9.90. The van der Waals surface area contributed by atoms with Gasteiger partial charge < -0.3 is 19.7 Å². The Labute approximate surface area is 176 Å². The molecule has 2 amide bonds. The maximum atomic E-state index is 12.2. The Bertz CT molecular complexity index is 932. The number of furan rings is 1. The molecule has 7 heteroatoms. The molecule has 1 saturated heterocycles. The number of amides is 2. The van der Waals surface area contributed by atoms with Gasteiger partial charge in [-0.25, -0.2) is 4.79 Å². The van der Waals surface area contributed by atoms with Crippen LogP contribution in [0.5, 0.6) is 0 Å². The van der Waals surface area contributed by atoms with E-state index < -0.39 is 6.09 Å². The lowest BCUT2D eigenvalue weighted by Crippen LogP contribution is -2.45. The number of hydrogen-bond donors (Lipinski definition) is 2. The molecular formula is C23H29N3O4. The van der Waals surface area contributed by atoms with E-state index in [0.29, 0.717) is 6.42 Å². The molecule has 1 aromatic carbocycles. The fourth-order valence-corrected chi connectivity index (χ4v) is 4.77. The van der Waals surface area contributed by atoms with Crippen LogP contribution in [0, 0.1) is 0 Å². The second-order valence-electron chi connectivity index (χ2n) is 8.41. The number of fused-ring (bicyclic) bond motifs is 1. The lowest BCUT2D eigenvalue weighted by molar-refractivity contribution is -0.117. The fraction of sp³-hybridized carbons (Fsp3) is 0.478. The van der Waals surface area contributed by atoms with Gasteiger partial charge >= 0.3 is 6.09 Å². The van der Waals surface area contributed by atoms with Crippen molar-refractivity contribution in [1.82, 2.24) is 10.2 Å². The standard InChI is InChI=1S/C23H29N3O4/c1-15-10-20(24-23(28)29)19-12-18(6-7-21(19)26(15)16(2)27)22-11-17(14-30-22)13-25-8-4-3-5-9-25/h6-7,11-12,14-15,20,24H,3-5,8-10,13H2,1-2H3,(H,28,29)/t15-,20+/m1/s1. The number of carbonyl (C=O) groups excluding carboxylic acids is 1. The predicted octanol–water partition coefficient (Wildman–Crippen LogP) is 4.39. The molecule has 4 rings (SSSR count). The minimum absolute atomic E-state index is 0.0490. The SMILES string of the molecule is CC(=O)N1c2ccc(-c3cc(CN4CCCCC4)co3)cc2[C@@H](NC(=O)O)C[C@H]1C. The van der Waals surface area contributed by atoms with Crippen molar-refractivity contribution in [2.45, 2.75) is 58.2 Å². The van der Waals surface area contributed by atoms with Crippen molar-refractivity contribution in [3.05, 3.63) is 41.7 Å². The third-order valence-electron chi connectivity index (χ3n) is 6.11. The summed E-state index contributed by atoms with van der Waals surface area (Å²) in [5, 5.41) is 11.9. The highest BCUT2D eigenvalue weighted by atomic mass is 16.4. The summed E-state index contributed by atoms with van der Waals surface area (Å²) in [6, 6.07) is 7.38. The quantitative estimate of drug-likeness (QED) is 0.779. The normalized spacial score (nSPS) is 21.9. The zero-order chi connectivity index (χ0) is 21.3. The Balaban J connectivity index is 1.63. The van der Waals surface area contributed by atoms with Crippen molar-refractivity contribution in [2.75, 3.05) is 18.0 Å². The molecule has 0 radical (unpaired) electrons. The molecule has 0 unspecified atom stereocenters. The number of likely N-dealkylation sites (tertiary alicyclic amines) is 1. The summed E-state index contributed by atoms with van der Waals surface area (Å²) >= 11 is 0. The summed E-state index contributed by atoms with van der Waals surface area (Å²) in [5.74, 6) is 0.707. The number of carbonyl (C=O) groups is 2. The second kappa shape index (κ2) is 8.52. The highest BCUT2D eigenvalue weighted by molar-refractivity contribution is 5.94. The van der Waals surface area contributed by atoms with E-state index in [9.17, 15) is 14.7 Å². The van der Waals surface area contributed by atoms with Gasteiger partial charge in [0.05, 0.1) is 12.3 Å². The van der Waals surface area contributed by atoms with E-state index >= 15 is 0 Å². The van der Waals surface area contributed by atoms with Crippen molar-refractivity contribution in [3.8, 4) is 11.3 Å². The molecule has 30 heavy (non-hydrogen) atoms. The highest BCUT2D eigenvalue weighted by Crippen LogP contribution is 2.40. The Morgan fingerprint density at radius 1 is 1.20 bits per heavy atom. The molecule has 0 saturated carbocycles. The van der Waals surface area contributed by atoms with Crippen molar-refractivity contribution < 1.29 is 19.1 Å². The van der Waals surface area contributed by atoms with Gasteiger partial charge in [-0.3, -0.25) is 9.69 Å². The van der Waals surface area contributed by atoms with Gasteiger partial charge in [-0.05, 0) is 69.1 Å². The zero-order valence-corrected chi connectivity index (χ0v) is 17.6. The summed E-state index contributed by atoms with van der Waals surface area (Å²) in [6.07, 6.45) is 5.07. The Hall–Kier alpha value is -2.80. The van der Waals surface area contributed by atoms with E-state index in [1.807, 2.05) is 25.1 Å². The Kier molecular flexibility index (Phi) is 5.81. The third kappa shape index (κ3) is 4.21. The van der Waals surface area contributed by atoms with Crippen LogP contribution in [0.2, 0.25) is 0 Å². The molecule has 3 heterocycles. The fourth-order valence-electron chi connectivity index (χ4n) is 4.77. The number of carboxylic acid groups (broad SMARTS) is 1. The summed E-state index contributed by atoms with van der Waals surface area (Å²) < 4.78 is 5.85. The number of piperidine rings is 1. The molecular weight excluding hydrogens is 382 g/mol. The van der Waals surface area contributed by atoms with E-state index in [0.717, 1.165) is 47.8 Å². The van der Waals surface area contributed by atoms with Gasteiger partial charge in [-0.2, -0.15) is 0 Å². The van der Waals surface area contributed by atoms with Crippen LogP contribution in [0.25, 0.3) is 11.3 Å². The minimum Gasteiger partial charge on any atom is -0.465 e. The van der Waals surface area contributed by atoms with E-state index in [1.165, 1.54) is 19.3 Å². The smallest absolute Gasteiger partial charge is 0.405 e. The number of nitrogens with one attached hydrogen (secondary N) is 1. The number of benzene rings is 1. The molecule has 2 aliphatic rings. The van der Waals surface area contributed by atoms with Gasteiger partial charge in [0.15, 0.2) is 0 Å². The van der Waals surface area contributed by atoms with Crippen molar-refractivity contribution in [2.24, 2.45) is 0 Å². The molecule has 0 aliphatic carbocycles. The maximum Gasteiger partial charge on any atom is 0.405 e. The molecule has 2 atom stereocenters. The van der Waals surface area contributed by atoms with Gasteiger partial charge in [-0.1, -0.05) is 6.42 Å². The second-order valence-corrected chi connectivity index (χ2v) is 8.41. The monoisotopic (exact) mass is 411 g/mol. The molecule has 2 aromatic rings. The van der Waals surface area contributed by atoms with Crippen LogP contribution in [-0.2, 0) is 11.3 Å². The first kappa shape index (κ1) is 20.5. The molecule has 2 N–H and O–H groups in total. The largest absolute Gasteiger partial charge is 0.465 e. The zero-order valence-electron chi connectivity index (χ0n) is 17.6. The first-order chi connectivity index (χ1) is 14.4. The summed E-state index contributed by atoms with van der Waals surface area (Å²) in [5.41, 5.74) is 3.58. The Morgan fingerprint density at radius 2 is 1.97 bits per heavy atom. The van der Waals surface area contributed by atoms with Crippen molar-refractivity contribution >= 4 is 17.7 Å². The van der Waals surface area contributed by atoms with Gasteiger partial charge in [0.1, 0.15) is 5.76 Å². The van der Waals surface area contributed by atoms with Crippen LogP contribution in [-0.4, -0.2) is 41.1 Å². The topological polar surface area (TPSA) is 86.0 Å². The van der Waals surface area contributed by atoms with Crippen LogP contribution in [0.15, 0.2) is 34.9 Å². The number of nitrogens with zero attached hydrogens (tertiary/aromatic N) is 2. The maximum absolute atomic E-state index is 12.2. The van der Waals surface area contributed by atoms with E-state index in [4.69, 9.17) is 4.42 Å². The predicted molar refractivity (Wildman–Crippen MR) is 114 cm³/mol.